The molecule has 0 unspecified atom stereocenters. The summed E-state index contributed by atoms with van der Waals surface area (Å²) in [6, 6.07) is 0. The van der Waals surface area contributed by atoms with E-state index in [4.69, 9.17) is 5.73 Å². The third kappa shape index (κ3) is 1.90. The quantitative estimate of drug-likeness (QED) is 0.857. The van der Waals surface area contributed by atoms with Gasteiger partial charge < -0.3 is 11.1 Å². The van der Waals surface area contributed by atoms with Crippen LogP contribution in [-0.2, 0) is 0 Å². The summed E-state index contributed by atoms with van der Waals surface area (Å²) in [5, 5.41) is 10.9. The molecule has 3 N–H and O–H groups in total. The molecule has 0 bridgehead atoms. The van der Waals surface area contributed by atoms with Crippen LogP contribution in [0.25, 0.3) is 0 Å². The van der Waals surface area contributed by atoms with Crippen molar-refractivity contribution >= 4 is 22.4 Å². The number of carbonyl (C=O) groups excluding carboxylic acids is 1. The lowest BCUT2D eigenvalue weighted by atomic mass is 10.0. The number of amides is 1. The van der Waals surface area contributed by atoms with Crippen molar-refractivity contribution < 1.29 is 4.79 Å². The van der Waals surface area contributed by atoms with E-state index in [-0.39, 0.29) is 16.7 Å². The first-order valence-corrected chi connectivity index (χ1v) is 6.45. The minimum atomic E-state index is -0.183. The van der Waals surface area contributed by atoms with Gasteiger partial charge in [0.15, 0.2) is 0 Å². The average molecular weight is 254 g/mol. The lowest BCUT2D eigenvalue weighted by molar-refractivity contribution is 0.0949. The molecule has 1 fully saturated rings. The molecule has 1 aromatic heterocycles. The Morgan fingerprint density at radius 3 is 2.35 bits per heavy atom. The van der Waals surface area contributed by atoms with Crippen LogP contribution in [-0.4, -0.2) is 22.6 Å². The molecule has 1 saturated carbocycles. The van der Waals surface area contributed by atoms with E-state index < -0.39 is 0 Å². The van der Waals surface area contributed by atoms with E-state index in [2.05, 4.69) is 43.2 Å². The Morgan fingerprint density at radius 2 is 1.94 bits per heavy atom. The van der Waals surface area contributed by atoms with Gasteiger partial charge in [0.1, 0.15) is 0 Å². The van der Waals surface area contributed by atoms with Crippen molar-refractivity contribution in [1.82, 2.24) is 15.5 Å². The minimum absolute atomic E-state index is 0.183. The Labute approximate surface area is 105 Å². The highest BCUT2D eigenvalue weighted by atomic mass is 32.1. The Hall–Kier alpha value is -1.17. The lowest BCUT2D eigenvalue weighted by Gasteiger charge is -2.04. The topological polar surface area (TPSA) is 80.9 Å². The van der Waals surface area contributed by atoms with Gasteiger partial charge in [-0.15, -0.1) is 10.2 Å². The maximum absolute atomic E-state index is 11.8. The molecule has 0 atom stereocenters. The van der Waals surface area contributed by atoms with E-state index in [1.54, 1.807) is 0 Å². The van der Waals surface area contributed by atoms with Crippen molar-refractivity contribution in [2.75, 3.05) is 12.3 Å². The predicted molar refractivity (Wildman–Crippen MR) is 67.7 cm³/mol. The van der Waals surface area contributed by atoms with Crippen molar-refractivity contribution in [2.45, 2.75) is 27.7 Å². The summed E-state index contributed by atoms with van der Waals surface area (Å²) in [4.78, 5) is 11.8. The Bertz CT molecular complexity index is 438. The fourth-order valence-corrected chi connectivity index (χ4v) is 2.97. The second-order valence-electron chi connectivity index (χ2n) is 5.65. The number of aromatic nitrogens is 2. The van der Waals surface area contributed by atoms with Gasteiger partial charge in [0, 0.05) is 6.54 Å². The molecular formula is C11H18N4OS. The maximum Gasteiger partial charge on any atom is 0.282 e. The summed E-state index contributed by atoms with van der Waals surface area (Å²) < 4.78 is 0. The molecule has 0 aliphatic heterocycles. The van der Waals surface area contributed by atoms with Crippen LogP contribution < -0.4 is 11.1 Å². The van der Waals surface area contributed by atoms with Crippen molar-refractivity contribution in [1.29, 1.82) is 0 Å². The summed E-state index contributed by atoms with van der Waals surface area (Å²) in [7, 11) is 0. The Kier molecular flexibility index (Phi) is 2.65. The van der Waals surface area contributed by atoms with E-state index in [0.29, 0.717) is 22.6 Å². The van der Waals surface area contributed by atoms with Gasteiger partial charge in [0.25, 0.3) is 5.91 Å². The molecule has 1 aliphatic rings. The van der Waals surface area contributed by atoms with Gasteiger partial charge in [-0.25, -0.2) is 0 Å². The lowest BCUT2D eigenvalue weighted by Crippen LogP contribution is -2.27. The van der Waals surface area contributed by atoms with Gasteiger partial charge in [-0.1, -0.05) is 39.0 Å². The molecule has 5 nitrogen and oxygen atoms in total. The number of rotatable bonds is 3. The molecule has 0 aromatic carbocycles. The number of nitrogens with zero attached hydrogens (tertiary/aromatic N) is 2. The molecule has 2 rings (SSSR count). The van der Waals surface area contributed by atoms with E-state index >= 15 is 0 Å². The zero-order valence-corrected chi connectivity index (χ0v) is 11.4. The van der Waals surface area contributed by atoms with E-state index in [1.807, 2.05) is 0 Å². The Morgan fingerprint density at radius 1 is 1.35 bits per heavy atom. The molecule has 1 aromatic rings. The predicted octanol–water partition coefficient (Wildman–Crippen LogP) is 1.53. The highest BCUT2D eigenvalue weighted by molar-refractivity contribution is 7.16. The number of anilines is 1. The van der Waals surface area contributed by atoms with Gasteiger partial charge in [-0.3, -0.25) is 4.79 Å². The Balaban J connectivity index is 1.91. The van der Waals surface area contributed by atoms with Gasteiger partial charge in [-0.05, 0) is 16.7 Å². The summed E-state index contributed by atoms with van der Waals surface area (Å²) in [6.45, 7) is 9.59. The zero-order valence-electron chi connectivity index (χ0n) is 10.6. The summed E-state index contributed by atoms with van der Waals surface area (Å²) in [6.07, 6.45) is 0. The second-order valence-corrected chi connectivity index (χ2v) is 6.66. The molecule has 6 heteroatoms. The van der Waals surface area contributed by atoms with Crippen LogP contribution in [0.4, 0.5) is 5.13 Å². The minimum Gasteiger partial charge on any atom is -0.374 e. The van der Waals surface area contributed by atoms with Crippen LogP contribution in [0.15, 0.2) is 0 Å². The van der Waals surface area contributed by atoms with Crippen LogP contribution in [0.3, 0.4) is 0 Å². The van der Waals surface area contributed by atoms with Gasteiger partial charge in [-0.2, -0.15) is 0 Å². The molecule has 0 radical (unpaired) electrons. The summed E-state index contributed by atoms with van der Waals surface area (Å²) in [5.41, 5.74) is 5.99. The van der Waals surface area contributed by atoms with Gasteiger partial charge in [0.05, 0.1) is 0 Å². The average Bonchev–Trinajstić information content (AvgIpc) is 2.55. The van der Waals surface area contributed by atoms with Gasteiger partial charge >= 0.3 is 0 Å². The van der Waals surface area contributed by atoms with Crippen LogP contribution >= 0.6 is 11.3 Å². The molecular weight excluding hydrogens is 236 g/mol. The fraction of sp³-hybridized carbons (Fsp3) is 0.727. The fourth-order valence-electron chi connectivity index (χ4n) is 2.44. The third-order valence-electron chi connectivity index (χ3n) is 4.42. The molecule has 0 saturated heterocycles. The van der Waals surface area contributed by atoms with Crippen LogP contribution in [0.2, 0.25) is 0 Å². The summed E-state index contributed by atoms with van der Waals surface area (Å²) >= 11 is 1.11. The maximum atomic E-state index is 11.8. The standard InChI is InChI=1S/C11H18N4OS/c1-10(2)6(11(10,3)4)5-13-7(16)8-14-15-9(12)17-8/h6H,5H2,1-4H3,(H2,12,15)(H,13,16). The highest BCUT2D eigenvalue weighted by Crippen LogP contribution is 2.67. The van der Waals surface area contributed by atoms with E-state index in [0.717, 1.165) is 11.3 Å². The molecule has 17 heavy (non-hydrogen) atoms. The van der Waals surface area contributed by atoms with Crippen molar-refractivity contribution in [3.63, 3.8) is 0 Å². The number of nitrogens with two attached hydrogens (primary N) is 1. The molecule has 1 heterocycles. The molecule has 1 aliphatic carbocycles. The van der Waals surface area contributed by atoms with Crippen molar-refractivity contribution in [2.24, 2.45) is 16.7 Å². The first-order valence-electron chi connectivity index (χ1n) is 5.64. The van der Waals surface area contributed by atoms with Gasteiger partial charge in [0.2, 0.25) is 10.1 Å². The highest BCUT2D eigenvalue weighted by Gasteiger charge is 2.64. The summed E-state index contributed by atoms with van der Waals surface area (Å²) in [5.74, 6) is 0.321. The van der Waals surface area contributed by atoms with E-state index in [9.17, 15) is 4.79 Å². The number of nitrogen functional groups attached to an aromatic ring is 1. The first kappa shape index (κ1) is 12.3. The molecule has 0 spiro atoms. The third-order valence-corrected chi connectivity index (χ3v) is 5.17. The van der Waals surface area contributed by atoms with Crippen LogP contribution in [0, 0.1) is 16.7 Å². The van der Waals surface area contributed by atoms with Crippen LogP contribution in [0.1, 0.15) is 37.5 Å². The largest absolute Gasteiger partial charge is 0.374 e. The number of carbonyl (C=O) groups is 1. The van der Waals surface area contributed by atoms with Crippen molar-refractivity contribution in [3.05, 3.63) is 5.01 Å². The SMILES string of the molecule is CC1(C)C(CNC(=O)c2nnc(N)s2)C1(C)C. The first-order chi connectivity index (χ1) is 7.76. The van der Waals surface area contributed by atoms with Crippen molar-refractivity contribution in [3.8, 4) is 0 Å². The number of hydrogen-bond acceptors (Lipinski definition) is 5. The molecule has 1 amide bonds. The number of hydrogen-bond donors (Lipinski definition) is 2. The second kappa shape index (κ2) is 3.66. The van der Waals surface area contributed by atoms with E-state index in [1.165, 1.54) is 0 Å². The number of nitrogens with one attached hydrogen (secondary N) is 1. The van der Waals surface area contributed by atoms with Crippen LogP contribution in [0.5, 0.6) is 0 Å². The monoisotopic (exact) mass is 254 g/mol. The normalized spacial score (nSPS) is 21.2. The zero-order chi connectivity index (χ0) is 12.8. The smallest absolute Gasteiger partial charge is 0.282 e. The molecule has 94 valence electrons.